The molecule has 0 amide bonds. The summed E-state index contributed by atoms with van der Waals surface area (Å²) in [5.41, 5.74) is -1.07. The number of hydrogen-bond acceptors (Lipinski definition) is 6. The molecule has 0 aromatic carbocycles. The normalized spacial score (nSPS) is 69.3. The largest absolute Gasteiger partial charge is 0.463 e. The molecule has 9 fully saturated rings. The minimum Gasteiger partial charge on any atom is -0.463 e. The topological polar surface area (TPSA) is 90.2 Å². The summed E-state index contributed by atoms with van der Waals surface area (Å²) in [6.45, 7) is 8.85. The Hall–Kier alpha value is -0.950. The molecule has 0 aromatic heterocycles. The zero-order chi connectivity index (χ0) is 19.6. The van der Waals surface area contributed by atoms with Crippen LogP contribution in [0.1, 0.15) is 39.5 Å². The van der Waals surface area contributed by atoms with Crippen LogP contribution in [0.5, 0.6) is 0 Å². The number of carbonyl (C=O) groups is 1. The Bertz CT molecular complexity index is 860. The lowest BCUT2D eigenvalue weighted by molar-refractivity contribution is -0.280. The van der Waals surface area contributed by atoms with Gasteiger partial charge in [0.05, 0.1) is 12.2 Å². The fraction of sp³-hybridized carbons (Fsp3) is 0.864. The third-order valence-corrected chi connectivity index (χ3v) is 10.6. The fourth-order valence-corrected chi connectivity index (χ4v) is 11.0. The summed E-state index contributed by atoms with van der Waals surface area (Å²) in [6.07, 6.45) is 1.27. The number of carbonyl (C=O) groups excluding carboxylic acids is 1. The molecule has 6 aliphatic carbocycles. The molecule has 3 N–H and O–H groups in total. The second-order valence-corrected chi connectivity index (χ2v) is 11.5. The maximum absolute atomic E-state index is 12.2. The number of aliphatic hydroxyl groups excluding tert-OH is 2. The number of rotatable bonds is 1. The summed E-state index contributed by atoms with van der Waals surface area (Å²) < 4.78 is 5.75. The summed E-state index contributed by atoms with van der Waals surface area (Å²) in [5.74, 6) is -0.379. The van der Waals surface area contributed by atoms with Gasteiger partial charge in [0.2, 0.25) is 0 Å². The Balaban J connectivity index is 1.49. The summed E-state index contributed by atoms with van der Waals surface area (Å²) in [5, 5.41) is 35.1. The Morgan fingerprint density at radius 3 is 2.71 bits per heavy atom. The van der Waals surface area contributed by atoms with E-state index >= 15 is 0 Å². The van der Waals surface area contributed by atoms with Crippen molar-refractivity contribution in [3.05, 3.63) is 12.2 Å². The van der Waals surface area contributed by atoms with Crippen molar-refractivity contribution in [2.24, 2.45) is 34.0 Å². The maximum atomic E-state index is 12.2. The molecule has 3 unspecified atom stereocenters. The number of piperidine rings is 2. The molecule has 28 heavy (non-hydrogen) atoms. The molecule has 6 saturated carbocycles. The van der Waals surface area contributed by atoms with Crippen LogP contribution >= 0.6 is 0 Å². The first-order valence-electron chi connectivity index (χ1n) is 10.8. The van der Waals surface area contributed by atoms with Gasteiger partial charge in [-0.25, -0.2) is 0 Å². The summed E-state index contributed by atoms with van der Waals surface area (Å²) in [4.78, 5) is 14.3. The molecule has 6 heteroatoms. The van der Waals surface area contributed by atoms with Gasteiger partial charge in [-0.3, -0.25) is 9.69 Å². The molecule has 3 saturated heterocycles. The van der Waals surface area contributed by atoms with Crippen molar-refractivity contribution in [1.29, 1.82) is 0 Å². The molecule has 3 aliphatic heterocycles. The maximum Gasteiger partial charge on any atom is 0.302 e. The van der Waals surface area contributed by atoms with E-state index in [-0.39, 0.29) is 34.9 Å². The first-order chi connectivity index (χ1) is 13.1. The molecule has 0 radical (unpaired) electrons. The number of nitrogens with zero attached hydrogens (tertiary/aromatic N) is 1. The van der Waals surface area contributed by atoms with Crippen molar-refractivity contribution in [3.63, 3.8) is 0 Å². The van der Waals surface area contributed by atoms with Crippen molar-refractivity contribution in [2.75, 3.05) is 6.54 Å². The number of esters is 1. The highest BCUT2D eigenvalue weighted by Gasteiger charge is 2.94. The van der Waals surface area contributed by atoms with E-state index in [9.17, 15) is 20.1 Å². The lowest BCUT2D eigenvalue weighted by atomic mass is 9.39. The van der Waals surface area contributed by atoms with E-state index in [1.807, 2.05) is 0 Å². The van der Waals surface area contributed by atoms with Crippen molar-refractivity contribution < 1.29 is 24.9 Å². The van der Waals surface area contributed by atoms with Crippen LogP contribution in [0, 0.1) is 34.0 Å². The van der Waals surface area contributed by atoms with Gasteiger partial charge in [0, 0.05) is 48.2 Å². The van der Waals surface area contributed by atoms with E-state index in [0.717, 1.165) is 25.0 Å². The first-order valence-corrected chi connectivity index (χ1v) is 10.8. The van der Waals surface area contributed by atoms with Crippen molar-refractivity contribution in [1.82, 2.24) is 4.90 Å². The van der Waals surface area contributed by atoms with E-state index in [0.29, 0.717) is 24.8 Å². The van der Waals surface area contributed by atoms with Gasteiger partial charge < -0.3 is 20.1 Å². The second kappa shape index (κ2) is 4.25. The predicted molar refractivity (Wildman–Crippen MR) is 97.9 cm³/mol. The monoisotopic (exact) mass is 387 g/mol. The predicted octanol–water partition coefficient (Wildman–Crippen LogP) is 0.450. The summed E-state index contributed by atoms with van der Waals surface area (Å²) in [7, 11) is 0. The van der Waals surface area contributed by atoms with E-state index in [4.69, 9.17) is 4.74 Å². The quantitative estimate of drug-likeness (QED) is 0.447. The van der Waals surface area contributed by atoms with Gasteiger partial charge in [-0.2, -0.15) is 0 Å². The smallest absolute Gasteiger partial charge is 0.302 e. The standard InChI is InChI=1S/C22H29NO5/c1-9-4-20-7-12-15-19(3)5-11(28-10(2)24)6-21(15)16(20)14(25)13(9)17(26)22(20,27)18(21)23(12)8-19/h11-18,25-27H,1,4-8H2,2-3H3/t11-,12-,13+,14+,15+,16+,17+,18?,19-,20?,21-,22-/m0/s1. The Kier molecular flexibility index (Phi) is 2.55. The molecule has 13 atom stereocenters. The number of aliphatic hydroxyl groups is 3. The lowest BCUT2D eigenvalue weighted by Crippen LogP contribution is -2.76. The number of fused-ring (bicyclic) bond motifs is 1. The van der Waals surface area contributed by atoms with E-state index in [2.05, 4.69) is 18.4 Å². The highest BCUT2D eigenvalue weighted by Crippen LogP contribution is 2.88. The summed E-state index contributed by atoms with van der Waals surface area (Å²) >= 11 is 0. The van der Waals surface area contributed by atoms with Crippen LogP contribution in [0.25, 0.3) is 0 Å². The average molecular weight is 387 g/mol. The minimum atomic E-state index is -1.20. The average Bonchev–Trinajstić information content (AvgIpc) is 2.97. The lowest BCUT2D eigenvalue weighted by Gasteiger charge is -2.67. The molecular formula is C22H29NO5. The third kappa shape index (κ3) is 1.26. The second-order valence-electron chi connectivity index (χ2n) is 11.5. The van der Waals surface area contributed by atoms with Crippen molar-refractivity contribution in [2.45, 2.75) is 75.5 Å². The van der Waals surface area contributed by atoms with Gasteiger partial charge in [-0.15, -0.1) is 0 Å². The van der Waals surface area contributed by atoms with Crippen LogP contribution in [-0.2, 0) is 9.53 Å². The SMILES string of the molecule is C=C1CC23C[C@H]4[C@@H]5[C@@]6(C)C[C@H](OC(C)=O)C[C@]57C(N4C6)[C@@]2(O)[C@H](O)[C@H]1[C@@H](O)[C@H]37. The molecule has 9 aliphatic rings. The summed E-state index contributed by atoms with van der Waals surface area (Å²) in [6, 6.07) is 0.245. The van der Waals surface area contributed by atoms with Crippen molar-refractivity contribution >= 4 is 5.97 Å². The van der Waals surface area contributed by atoms with Crippen molar-refractivity contribution in [3.8, 4) is 0 Å². The van der Waals surface area contributed by atoms with Crippen LogP contribution in [0.15, 0.2) is 12.2 Å². The molecule has 3 heterocycles. The Morgan fingerprint density at radius 1 is 1.25 bits per heavy atom. The van der Waals surface area contributed by atoms with Gasteiger partial charge in [-0.05, 0) is 37.0 Å². The van der Waals surface area contributed by atoms with E-state index < -0.39 is 29.1 Å². The fourth-order valence-electron chi connectivity index (χ4n) is 11.0. The molecule has 9 rings (SSSR count). The molecular weight excluding hydrogens is 358 g/mol. The highest BCUT2D eigenvalue weighted by atomic mass is 16.5. The molecule has 152 valence electrons. The van der Waals surface area contributed by atoms with Gasteiger partial charge in [0.1, 0.15) is 11.7 Å². The third-order valence-electron chi connectivity index (χ3n) is 10.6. The molecule has 2 spiro atoms. The Labute approximate surface area is 164 Å². The van der Waals surface area contributed by atoms with Crippen LogP contribution in [-0.4, -0.2) is 68.7 Å². The zero-order valence-corrected chi connectivity index (χ0v) is 16.5. The Morgan fingerprint density at radius 2 is 2.00 bits per heavy atom. The van der Waals surface area contributed by atoms with Crippen LogP contribution in [0.4, 0.5) is 0 Å². The van der Waals surface area contributed by atoms with Crippen LogP contribution in [0.3, 0.4) is 0 Å². The minimum absolute atomic E-state index is 0.0237. The molecule has 6 nitrogen and oxygen atoms in total. The molecule has 0 aromatic rings. The van der Waals surface area contributed by atoms with Crippen LogP contribution in [0.2, 0.25) is 0 Å². The van der Waals surface area contributed by atoms with Gasteiger partial charge in [0.25, 0.3) is 0 Å². The van der Waals surface area contributed by atoms with E-state index in [1.165, 1.54) is 6.92 Å². The first kappa shape index (κ1) is 16.8. The highest BCUT2D eigenvalue weighted by molar-refractivity contribution is 5.66. The van der Waals surface area contributed by atoms with Gasteiger partial charge in [-0.1, -0.05) is 19.1 Å². The number of ether oxygens (including phenoxy) is 1. The zero-order valence-electron chi connectivity index (χ0n) is 16.5. The van der Waals surface area contributed by atoms with Gasteiger partial charge in [0.15, 0.2) is 0 Å². The van der Waals surface area contributed by atoms with Gasteiger partial charge >= 0.3 is 5.97 Å². The van der Waals surface area contributed by atoms with E-state index in [1.54, 1.807) is 0 Å². The number of hydrogen-bond donors (Lipinski definition) is 3. The van der Waals surface area contributed by atoms with Crippen LogP contribution < -0.4 is 0 Å². The molecule has 9 bridgehead atoms.